The van der Waals surface area contributed by atoms with E-state index in [9.17, 15) is 9.59 Å². The second kappa shape index (κ2) is 11.3. The van der Waals surface area contributed by atoms with Crippen molar-refractivity contribution in [2.75, 3.05) is 6.61 Å². The van der Waals surface area contributed by atoms with Crippen LogP contribution in [0.4, 0.5) is 0 Å². The Morgan fingerprint density at radius 3 is 2.31 bits per heavy atom. The first-order valence-corrected chi connectivity index (χ1v) is 12.2. The maximum Gasteiger partial charge on any atom is 0.261 e. The summed E-state index contributed by atoms with van der Waals surface area (Å²) in [5.41, 5.74) is 2.10. The van der Waals surface area contributed by atoms with Gasteiger partial charge in [0, 0.05) is 17.1 Å². The van der Waals surface area contributed by atoms with Crippen LogP contribution in [0.5, 0.6) is 5.75 Å². The molecule has 0 aliphatic rings. The van der Waals surface area contributed by atoms with Crippen molar-refractivity contribution >= 4 is 43.7 Å². The predicted octanol–water partition coefficient (Wildman–Crippen LogP) is 5.83. The summed E-state index contributed by atoms with van der Waals surface area (Å²) in [5, 5.41) is 2.89. The van der Waals surface area contributed by atoms with Crippen molar-refractivity contribution < 1.29 is 14.3 Å². The highest BCUT2D eigenvalue weighted by atomic mass is 79.9. The van der Waals surface area contributed by atoms with Gasteiger partial charge in [0.1, 0.15) is 11.8 Å². The minimum atomic E-state index is -0.640. The van der Waals surface area contributed by atoms with Gasteiger partial charge in [-0.25, -0.2) is 0 Å². The van der Waals surface area contributed by atoms with Crippen molar-refractivity contribution in [1.29, 1.82) is 0 Å². The van der Waals surface area contributed by atoms with Gasteiger partial charge >= 0.3 is 0 Å². The molecular weight excluding hydrogens is 536 g/mol. The molecule has 5 nitrogen and oxygen atoms in total. The third kappa shape index (κ3) is 7.62. The van der Waals surface area contributed by atoms with E-state index in [0.717, 1.165) is 14.5 Å². The minimum absolute atomic E-state index is 0.0107. The topological polar surface area (TPSA) is 58.6 Å². The SMILES string of the molecule is CC(C)NC(=O)C(C)N(Cc1cccc(Br)c1)C(=O)COc1ccc(C(C)(C)C)cc1Br. The predicted molar refractivity (Wildman–Crippen MR) is 136 cm³/mol. The van der Waals surface area contributed by atoms with Gasteiger partial charge in [0.25, 0.3) is 5.91 Å². The van der Waals surface area contributed by atoms with Gasteiger partial charge in [-0.15, -0.1) is 0 Å². The number of rotatable bonds is 8. The summed E-state index contributed by atoms with van der Waals surface area (Å²) >= 11 is 7.01. The normalized spacial score (nSPS) is 12.4. The number of hydrogen-bond acceptors (Lipinski definition) is 3. The zero-order valence-electron chi connectivity index (χ0n) is 19.5. The Labute approximate surface area is 208 Å². The highest BCUT2D eigenvalue weighted by molar-refractivity contribution is 9.10. The summed E-state index contributed by atoms with van der Waals surface area (Å²) in [6, 6.07) is 12.9. The molecule has 0 saturated carbocycles. The van der Waals surface area contributed by atoms with Crippen molar-refractivity contribution in [3.8, 4) is 5.75 Å². The van der Waals surface area contributed by atoms with E-state index in [1.807, 2.05) is 56.3 Å². The molecule has 0 radical (unpaired) electrons. The fourth-order valence-corrected chi connectivity index (χ4v) is 4.07. The van der Waals surface area contributed by atoms with Crippen LogP contribution in [0.15, 0.2) is 51.4 Å². The van der Waals surface area contributed by atoms with Crippen LogP contribution in [0.3, 0.4) is 0 Å². The molecule has 32 heavy (non-hydrogen) atoms. The first kappa shape index (κ1) is 26.4. The average Bonchev–Trinajstić information content (AvgIpc) is 2.69. The zero-order valence-corrected chi connectivity index (χ0v) is 22.7. The molecule has 0 aromatic heterocycles. The number of halogens is 2. The largest absolute Gasteiger partial charge is 0.483 e. The fraction of sp³-hybridized carbons (Fsp3) is 0.440. The number of nitrogens with zero attached hydrogens (tertiary/aromatic N) is 1. The summed E-state index contributed by atoms with van der Waals surface area (Å²) in [5.74, 6) is 0.135. The molecule has 2 amide bonds. The van der Waals surface area contributed by atoms with Gasteiger partial charge in [0.05, 0.1) is 4.47 Å². The Kier molecular flexibility index (Phi) is 9.34. The van der Waals surface area contributed by atoms with Crippen LogP contribution >= 0.6 is 31.9 Å². The summed E-state index contributed by atoms with van der Waals surface area (Å²) in [6.07, 6.45) is 0. The molecule has 0 spiro atoms. The van der Waals surface area contributed by atoms with E-state index in [1.165, 1.54) is 5.56 Å². The maximum absolute atomic E-state index is 13.2. The third-order valence-corrected chi connectivity index (χ3v) is 6.10. The summed E-state index contributed by atoms with van der Waals surface area (Å²) in [7, 11) is 0. The van der Waals surface area contributed by atoms with Gasteiger partial charge in [0.2, 0.25) is 5.91 Å². The second-order valence-corrected chi connectivity index (χ2v) is 10.9. The molecule has 0 saturated heterocycles. The lowest BCUT2D eigenvalue weighted by Gasteiger charge is -2.29. The van der Waals surface area contributed by atoms with Crippen LogP contribution in [0.1, 0.15) is 52.7 Å². The van der Waals surface area contributed by atoms with Crippen LogP contribution in [-0.2, 0) is 21.5 Å². The molecule has 0 fully saturated rings. The first-order chi connectivity index (χ1) is 14.9. The van der Waals surface area contributed by atoms with Crippen LogP contribution in [0, 0.1) is 0 Å². The summed E-state index contributed by atoms with van der Waals surface area (Å²) in [6.45, 7) is 12.1. The maximum atomic E-state index is 13.2. The molecule has 2 aromatic rings. The number of carbonyl (C=O) groups is 2. The van der Waals surface area contributed by atoms with Crippen molar-refractivity contribution in [2.24, 2.45) is 0 Å². The van der Waals surface area contributed by atoms with E-state index >= 15 is 0 Å². The van der Waals surface area contributed by atoms with Gasteiger partial charge in [-0.05, 0) is 77.5 Å². The van der Waals surface area contributed by atoms with Gasteiger partial charge in [0.15, 0.2) is 6.61 Å². The highest BCUT2D eigenvalue weighted by Gasteiger charge is 2.27. The molecule has 2 aromatic carbocycles. The average molecular weight is 568 g/mol. The van der Waals surface area contributed by atoms with Crippen molar-refractivity contribution in [2.45, 2.75) is 65.6 Å². The molecular formula is C25H32Br2N2O3. The van der Waals surface area contributed by atoms with Crippen molar-refractivity contribution in [3.63, 3.8) is 0 Å². The van der Waals surface area contributed by atoms with Gasteiger partial charge in [-0.3, -0.25) is 9.59 Å². The minimum Gasteiger partial charge on any atom is -0.483 e. The van der Waals surface area contributed by atoms with Gasteiger partial charge < -0.3 is 15.0 Å². The number of carbonyl (C=O) groups excluding carboxylic acids is 2. The van der Waals surface area contributed by atoms with Gasteiger partial charge in [-0.2, -0.15) is 0 Å². The summed E-state index contributed by atoms with van der Waals surface area (Å²) < 4.78 is 7.55. The van der Waals surface area contributed by atoms with E-state index in [2.05, 4.69) is 57.9 Å². The monoisotopic (exact) mass is 566 g/mol. The van der Waals surface area contributed by atoms with Gasteiger partial charge in [-0.1, -0.05) is 54.9 Å². The van der Waals surface area contributed by atoms with Crippen molar-refractivity contribution in [3.05, 3.63) is 62.5 Å². The lowest BCUT2D eigenvalue weighted by Crippen LogP contribution is -2.50. The van der Waals surface area contributed by atoms with Crippen LogP contribution in [0.25, 0.3) is 0 Å². The lowest BCUT2D eigenvalue weighted by atomic mass is 9.87. The first-order valence-electron chi connectivity index (χ1n) is 10.7. The van der Waals surface area contributed by atoms with E-state index in [1.54, 1.807) is 11.8 Å². The Morgan fingerprint density at radius 2 is 1.75 bits per heavy atom. The molecule has 174 valence electrons. The Balaban J connectivity index is 2.19. The zero-order chi connectivity index (χ0) is 24.1. The van der Waals surface area contributed by atoms with E-state index in [-0.39, 0.29) is 29.9 Å². The Hall–Kier alpha value is -1.86. The molecule has 7 heteroatoms. The molecule has 2 rings (SSSR count). The number of benzene rings is 2. The van der Waals surface area contributed by atoms with Crippen LogP contribution in [0.2, 0.25) is 0 Å². The van der Waals surface area contributed by atoms with Crippen LogP contribution < -0.4 is 10.1 Å². The highest BCUT2D eigenvalue weighted by Crippen LogP contribution is 2.31. The molecule has 1 N–H and O–H groups in total. The molecule has 0 aliphatic carbocycles. The van der Waals surface area contributed by atoms with Crippen molar-refractivity contribution in [1.82, 2.24) is 10.2 Å². The molecule has 1 atom stereocenters. The van der Waals surface area contributed by atoms with E-state index < -0.39 is 6.04 Å². The molecule has 0 bridgehead atoms. The smallest absolute Gasteiger partial charge is 0.261 e. The Bertz CT molecular complexity index is 954. The summed E-state index contributed by atoms with van der Waals surface area (Å²) in [4.78, 5) is 27.4. The Morgan fingerprint density at radius 1 is 1.06 bits per heavy atom. The molecule has 1 unspecified atom stereocenters. The second-order valence-electron chi connectivity index (χ2n) is 9.17. The number of hydrogen-bond donors (Lipinski definition) is 1. The number of ether oxygens (including phenoxy) is 1. The fourth-order valence-electron chi connectivity index (χ4n) is 3.13. The third-order valence-electron chi connectivity index (χ3n) is 4.99. The standard InChI is InChI=1S/C25H32Br2N2O3/c1-16(2)28-24(31)17(3)29(14-18-8-7-9-20(26)12-18)23(30)15-32-22-11-10-19(13-21(22)27)25(4,5)6/h7-13,16-17H,14-15H2,1-6H3,(H,28,31). The van der Waals surface area contributed by atoms with Crippen LogP contribution in [-0.4, -0.2) is 35.4 Å². The van der Waals surface area contributed by atoms with E-state index in [0.29, 0.717) is 12.3 Å². The van der Waals surface area contributed by atoms with E-state index in [4.69, 9.17) is 4.74 Å². The number of amides is 2. The molecule has 0 heterocycles. The molecule has 0 aliphatic heterocycles. The quantitative estimate of drug-likeness (QED) is 0.436. The lowest BCUT2D eigenvalue weighted by molar-refractivity contribution is -0.142. The number of nitrogens with one attached hydrogen (secondary N) is 1.